The van der Waals surface area contributed by atoms with Crippen LogP contribution in [0.3, 0.4) is 0 Å². The van der Waals surface area contributed by atoms with Gasteiger partial charge in [-0.15, -0.1) is 0 Å². The van der Waals surface area contributed by atoms with Gasteiger partial charge in [-0.2, -0.15) is 10.00 Å². The zero-order chi connectivity index (χ0) is 16.3. The van der Waals surface area contributed by atoms with E-state index in [1.807, 2.05) is 0 Å². The first kappa shape index (κ1) is 15.4. The number of ether oxygens (including phenoxy) is 1. The molecule has 116 valence electrons. The number of imide groups is 1. The van der Waals surface area contributed by atoms with Gasteiger partial charge in [0.25, 0.3) is 0 Å². The number of rotatable bonds is 2. The van der Waals surface area contributed by atoms with Gasteiger partial charge in [-0.25, -0.2) is 19.6 Å². The highest BCUT2D eigenvalue weighted by Crippen LogP contribution is 2.19. The van der Waals surface area contributed by atoms with Crippen LogP contribution in [0.4, 0.5) is 15.4 Å². The second-order valence-corrected chi connectivity index (χ2v) is 5.32. The summed E-state index contributed by atoms with van der Waals surface area (Å²) in [6.45, 7) is 4.92. The number of anilines is 1. The molecule has 0 aliphatic heterocycles. The molecule has 2 rings (SSSR count). The molecule has 0 saturated heterocycles. The van der Waals surface area contributed by atoms with E-state index in [2.05, 4.69) is 20.2 Å². The van der Waals surface area contributed by atoms with Crippen LogP contribution in [0.1, 0.15) is 20.8 Å². The summed E-state index contributed by atoms with van der Waals surface area (Å²) in [6.07, 6.45) is 1.86. The molecule has 0 aliphatic carbocycles. The third kappa shape index (κ3) is 3.57. The van der Waals surface area contributed by atoms with Crippen molar-refractivity contribution in [2.24, 2.45) is 0 Å². The minimum absolute atomic E-state index is 0.104. The molecular weight excluding hydrogens is 290 g/mol. The van der Waals surface area contributed by atoms with Crippen molar-refractivity contribution in [3.63, 3.8) is 0 Å². The Morgan fingerprint density at radius 3 is 2.64 bits per heavy atom. The number of hydrogen-bond acceptors (Lipinski definition) is 6. The zero-order valence-corrected chi connectivity index (χ0v) is 12.3. The highest BCUT2D eigenvalue weighted by Gasteiger charge is 2.30. The number of aromatic nitrogens is 4. The SMILES string of the molecule is CC(C)(C)OC(=O)N(C(=O)O)c1ccnc(-c2cn[nH]c2)n1. The van der Waals surface area contributed by atoms with Crippen molar-refractivity contribution >= 4 is 18.0 Å². The number of hydrogen-bond donors (Lipinski definition) is 2. The second kappa shape index (κ2) is 5.80. The van der Waals surface area contributed by atoms with Gasteiger partial charge in [0.15, 0.2) is 11.6 Å². The number of H-pyrrole nitrogens is 1. The molecule has 0 atom stereocenters. The number of carbonyl (C=O) groups is 2. The summed E-state index contributed by atoms with van der Waals surface area (Å²) in [6, 6.07) is 1.31. The average molecular weight is 305 g/mol. The number of carboxylic acid groups (broad SMARTS) is 1. The first-order valence-corrected chi connectivity index (χ1v) is 6.36. The summed E-state index contributed by atoms with van der Waals surface area (Å²) in [5.74, 6) is 0.133. The fraction of sp³-hybridized carbons (Fsp3) is 0.308. The summed E-state index contributed by atoms with van der Waals surface area (Å²) >= 11 is 0. The van der Waals surface area contributed by atoms with Crippen LogP contribution in [0.2, 0.25) is 0 Å². The summed E-state index contributed by atoms with van der Waals surface area (Å²) in [7, 11) is 0. The quantitative estimate of drug-likeness (QED) is 0.872. The third-order valence-corrected chi connectivity index (χ3v) is 2.39. The fourth-order valence-electron chi connectivity index (χ4n) is 1.56. The van der Waals surface area contributed by atoms with Gasteiger partial charge < -0.3 is 9.84 Å². The molecule has 0 unspecified atom stereocenters. The summed E-state index contributed by atoms with van der Waals surface area (Å²) in [5.41, 5.74) is -0.262. The van der Waals surface area contributed by atoms with Crippen LogP contribution in [0.15, 0.2) is 24.7 Å². The number of carbonyl (C=O) groups excluding carboxylic acids is 1. The van der Waals surface area contributed by atoms with E-state index in [1.165, 1.54) is 18.5 Å². The maximum atomic E-state index is 12.0. The van der Waals surface area contributed by atoms with Crippen molar-refractivity contribution in [3.8, 4) is 11.4 Å². The van der Waals surface area contributed by atoms with E-state index in [-0.39, 0.29) is 11.6 Å². The van der Waals surface area contributed by atoms with Crippen molar-refractivity contribution in [2.75, 3.05) is 4.90 Å². The van der Waals surface area contributed by atoms with E-state index in [4.69, 9.17) is 4.74 Å². The van der Waals surface area contributed by atoms with Gasteiger partial charge in [-0.3, -0.25) is 5.10 Å². The number of aromatic amines is 1. The minimum atomic E-state index is -1.49. The topological polar surface area (TPSA) is 121 Å². The maximum Gasteiger partial charge on any atom is 0.425 e. The Hall–Kier alpha value is -2.97. The minimum Gasteiger partial charge on any atom is -0.464 e. The van der Waals surface area contributed by atoms with Crippen LogP contribution >= 0.6 is 0 Å². The second-order valence-electron chi connectivity index (χ2n) is 5.32. The van der Waals surface area contributed by atoms with E-state index in [1.54, 1.807) is 27.0 Å². The van der Waals surface area contributed by atoms with Crippen LogP contribution in [0.25, 0.3) is 11.4 Å². The van der Waals surface area contributed by atoms with Crippen LogP contribution in [-0.2, 0) is 4.74 Å². The Balaban J connectivity index is 2.35. The highest BCUT2D eigenvalue weighted by atomic mass is 16.6. The maximum absolute atomic E-state index is 12.0. The summed E-state index contributed by atoms with van der Waals surface area (Å²) in [5, 5.41) is 15.6. The number of nitrogens with one attached hydrogen (secondary N) is 1. The Bertz CT molecular complexity index is 678. The molecule has 0 bridgehead atoms. The zero-order valence-electron chi connectivity index (χ0n) is 12.3. The van der Waals surface area contributed by atoms with E-state index < -0.39 is 17.8 Å². The molecule has 2 heterocycles. The van der Waals surface area contributed by atoms with Gasteiger partial charge >= 0.3 is 12.2 Å². The molecule has 9 heteroatoms. The molecule has 2 aromatic rings. The Kier molecular flexibility index (Phi) is 4.06. The molecule has 0 saturated carbocycles. The lowest BCUT2D eigenvalue weighted by atomic mass is 10.2. The van der Waals surface area contributed by atoms with Crippen LogP contribution in [-0.4, -0.2) is 43.1 Å². The summed E-state index contributed by atoms with van der Waals surface area (Å²) < 4.78 is 5.07. The Morgan fingerprint density at radius 2 is 2.09 bits per heavy atom. The smallest absolute Gasteiger partial charge is 0.425 e. The standard InChI is InChI=1S/C13H15N5O4/c1-13(2,3)22-12(21)18(11(19)20)9-4-5-14-10(17-9)8-6-15-16-7-8/h4-7H,1-3H3,(H,15,16)(H,19,20). The Labute approximate surface area is 126 Å². The van der Waals surface area contributed by atoms with Crippen molar-refractivity contribution in [2.45, 2.75) is 26.4 Å². The number of nitrogens with zero attached hydrogens (tertiary/aromatic N) is 4. The molecule has 22 heavy (non-hydrogen) atoms. The molecule has 9 nitrogen and oxygen atoms in total. The van der Waals surface area contributed by atoms with Gasteiger partial charge in [0, 0.05) is 18.5 Å². The van der Waals surface area contributed by atoms with Crippen molar-refractivity contribution in [3.05, 3.63) is 24.7 Å². The van der Waals surface area contributed by atoms with Crippen LogP contribution in [0.5, 0.6) is 0 Å². The van der Waals surface area contributed by atoms with Gasteiger partial charge in [0.05, 0.1) is 11.8 Å². The van der Waals surface area contributed by atoms with Gasteiger partial charge in [0.2, 0.25) is 0 Å². The van der Waals surface area contributed by atoms with Crippen molar-refractivity contribution < 1.29 is 19.4 Å². The lowest BCUT2D eigenvalue weighted by molar-refractivity contribution is 0.0581. The summed E-state index contributed by atoms with van der Waals surface area (Å²) in [4.78, 5) is 31.9. The molecule has 0 fully saturated rings. The molecule has 0 aliphatic rings. The Morgan fingerprint density at radius 1 is 1.36 bits per heavy atom. The first-order chi connectivity index (χ1) is 10.3. The molecule has 2 N–H and O–H groups in total. The molecule has 2 aromatic heterocycles. The largest absolute Gasteiger partial charge is 0.464 e. The molecule has 0 spiro atoms. The first-order valence-electron chi connectivity index (χ1n) is 6.36. The van der Waals surface area contributed by atoms with Crippen LogP contribution < -0.4 is 4.90 Å². The third-order valence-electron chi connectivity index (χ3n) is 2.39. The van der Waals surface area contributed by atoms with E-state index in [0.717, 1.165) is 0 Å². The predicted molar refractivity (Wildman–Crippen MR) is 76.4 cm³/mol. The van der Waals surface area contributed by atoms with E-state index >= 15 is 0 Å². The lowest BCUT2D eigenvalue weighted by Gasteiger charge is -2.23. The molecule has 0 radical (unpaired) electrons. The van der Waals surface area contributed by atoms with E-state index in [0.29, 0.717) is 10.5 Å². The predicted octanol–water partition coefficient (Wildman–Crippen LogP) is 2.29. The number of amides is 2. The van der Waals surface area contributed by atoms with Gasteiger partial charge in [-0.05, 0) is 20.8 Å². The van der Waals surface area contributed by atoms with Gasteiger partial charge in [0.1, 0.15) is 5.60 Å². The fourth-order valence-corrected chi connectivity index (χ4v) is 1.56. The average Bonchev–Trinajstić information content (AvgIpc) is 2.90. The highest BCUT2D eigenvalue weighted by molar-refractivity contribution is 6.07. The van der Waals surface area contributed by atoms with Crippen molar-refractivity contribution in [1.82, 2.24) is 20.2 Å². The molecular formula is C13H15N5O4. The molecule has 0 aromatic carbocycles. The van der Waals surface area contributed by atoms with E-state index in [9.17, 15) is 14.7 Å². The normalized spacial score (nSPS) is 11.0. The lowest BCUT2D eigenvalue weighted by Crippen LogP contribution is -2.40. The van der Waals surface area contributed by atoms with Crippen LogP contribution in [0, 0.1) is 0 Å². The molecule has 2 amide bonds. The van der Waals surface area contributed by atoms with Crippen molar-refractivity contribution in [1.29, 1.82) is 0 Å². The van der Waals surface area contributed by atoms with Gasteiger partial charge in [-0.1, -0.05) is 0 Å². The monoisotopic (exact) mass is 305 g/mol.